The largest absolute Gasteiger partial charge is 0.370 e. The van der Waals surface area contributed by atoms with Crippen LogP contribution in [0.5, 0.6) is 0 Å². The fraction of sp³-hybridized carbons (Fsp3) is 0.444. The van der Waals surface area contributed by atoms with Gasteiger partial charge in [-0.25, -0.2) is 4.98 Å². The molecule has 1 aromatic rings. The van der Waals surface area contributed by atoms with Crippen LogP contribution in [-0.4, -0.2) is 18.6 Å². The van der Waals surface area contributed by atoms with Gasteiger partial charge in [0, 0.05) is 13.6 Å². The van der Waals surface area contributed by atoms with E-state index in [9.17, 15) is 0 Å². The maximum absolute atomic E-state index is 4.25. The summed E-state index contributed by atoms with van der Waals surface area (Å²) in [6.07, 6.45) is 1.11. The van der Waals surface area contributed by atoms with Gasteiger partial charge < -0.3 is 5.32 Å². The number of hydrogen-bond acceptors (Lipinski definition) is 2. The summed E-state index contributed by atoms with van der Waals surface area (Å²) in [7, 11) is 1.74. The van der Waals surface area contributed by atoms with Crippen LogP contribution >= 0.6 is 0 Å². The number of hydrogen-bond donors (Lipinski definition) is 1. The van der Waals surface area contributed by atoms with Crippen molar-refractivity contribution in [1.29, 1.82) is 0 Å². The minimum absolute atomic E-state index is 0.774. The molecular weight excluding hydrogens is 150 g/mol. The molecule has 0 aromatic carbocycles. The Hall–Kier alpha value is -1.25. The molecule has 1 N–H and O–H groups in total. The summed E-state index contributed by atoms with van der Waals surface area (Å²) < 4.78 is 0. The van der Waals surface area contributed by atoms with E-state index in [2.05, 4.69) is 22.5 Å². The van der Waals surface area contributed by atoms with Crippen LogP contribution in [0.2, 0.25) is 0 Å². The third kappa shape index (κ3) is 2.42. The van der Waals surface area contributed by atoms with Gasteiger partial charge in [-0.15, -0.1) is 0 Å². The highest BCUT2D eigenvalue weighted by Gasteiger charge is 1.93. The first kappa shape index (κ1) is 8.84. The number of pyridine rings is 1. The third-order valence-corrected chi connectivity index (χ3v) is 1.52. The highest BCUT2D eigenvalue weighted by Crippen LogP contribution is 2.07. The van der Waals surface area contributed by atoms with Crippen molar-refractivity contribution in [2.24, 2.45) is 0 Å². The fourth-order valence-electron chi connectivity index (χ4n) is 0.899. The monoisotopic (exact) mass is 164 g/mol. The maximum Gasteiger partial charge on any atom is 0.149 e. The summed E-state index contributed by atoms with van der Waals surface area (Å²) in [5.41, 5.74) is 0. The SMILES string of the molecule is CCCNc1cccc([N]C)n1. The summed E-state index contributed by atoms with van der Waals surface area (Å²) in [5, 5.41) is 7.19. The normalized spacial score (nSPS) is 9.50. The fourth-order valence-corrected chi connectivity index (χ4v) is 0.899. The van der Waals surface area contributed by atoms with Gasteiger partial charge in [-0.05, 0) is 18.6 Å². The smallest absolute Gasteiger partial charge is 0.149 e. The number of rotatable bonds is 4. The van der Waals surface area contributed by atoms with Gasteiger partial charge >= 0.3 is 0 Å². The zero-order chi connectivity index (χ0) is 8.81. The third-order valence-electron chi connectivity index (χ3n) is 1.52. The Bertz CT molecular complexity index is 235. The molecular formula is C9H14N3. The molecule has 0 bridgehead atoms. The van der Waals surface area contributed by atoms with E-state index in [1.165, 1.54) is 0 Å². The predicted octanol–water partition coefficient (Wildman–Crippen LogP) is 1.77. The molecule has 1 radical (unpaired) electrons. The van der Waals surface area contributed by atoms with E-state index in [0.717, 1.165) is 24.6 Å². The van der Waals surface area contributed by atoms with Gasteiger partial charge in [0.25, 0.3) is 0 Å². The molecule has 0 saturated heterocycles. The van der Waals surface area contributed by atoms with E-state index in [1.807, 2.05) is 18.2 Å². The molecule has 0 atom stereocenters. The van der Waals surface area contributed by atoms with Crippen molar-refractivity contribution in [2.45, 2.75) is 13.3 Å². The lowest BCUT2D eigenvalue weighted by Crippen LogP contribution is -2.02. The molecule has 3 heteroatoms. The second kappa shape index (κ2) is 4.59. The van der Waals surface area contributed by atoms with Crippen LogP contribution in [0.15, 0.2) is 18.2 Å². The van der Waals surface area contributed by atoms with Crippen molar-refractivity contribution >= 4 is 11.6 Å². The van der Waals surface area contributed by atoms with Gasteiger partial charge in [0.1, 0.15) is 11.6 Å². The molecule has 12 heavy (non-hydrogen) atoms. The van der Waals surface area contributed by atoms with Crippen LogP contribution in [0, 0.1) is 0 Å². The first-order valence-electron chi connectivity index (χ1n) is 4.17. The average Bonchev–Trinajstić information content (AvgIpc) is 2.15. The van der Waals surface area contributed by atoms with E-state index in [-0.39, 0.29) is 0 Å². The van der Waals surface area contributed by atoms with Crippen LogP contribution in [0.1, 0.15) is 13.3 Å². The Kier molecular flexibility index (Phi) is 3.38. The van der Waals surface area contributed by atoms with Crippen molar-refractivity contribution in [3.63, 3.8) is 0 Å². The Morgan fingerprint density at radius 3 is 3.00 bits per heavy atom. The molecule has 3 nitrogen and oxygen atoms in total. The summed E-state index contributed by atoms with van der Waals surface area (Å²) in [6, 6.07) is 5.79. The van der Waals surface area contributed by atoms with Crippen molar-refractivity contribution < 1.29 is 0 Å². The van der Waals surface area contributed by atoms with Crippen molar-refractivity contribution in [3.05, 3.63) is 18.2 Å². The summed E-state index contributed by atoms with van der Waals surface area (Å²) >= 11 is 0. The van der Waals surface area contributed by atoms with Gasteiger partial charge in [0.2, 0.25) is 0 Å². The molecule has 0 aliphatic carbocycles. The zero-order valence-electron chi connectivity index (χ0n) is 7.54. The lowest BCUT2D eigenvalue weighted by Gasteiger charge is -2.03. The Labute approximate surface area is 73.2 Å². The van der Waals surface area contributed by atoms with E-state index < -0.39 is 0 Å². The second-order valence-corrected chi connectivity index (χ2v) is 2.53. The van der Waals surface area contributed by atoms with Crippen molar-refractivity contribution in [1.82, 2.24) is 10.3 Å². The average molecular weight is 164 g/mol. The number of aromatic nitrogens is 1. The van der Waals surface area contributed by atoms with Crippen LogP contribution in [0.4, 0.5) is 11.6 Å². The van der Waals surface area contributed by atoms with E-state index in [0.29, 0.717) is 0 Å². The summed E-state index contributed by atoms with van der Waals surface area (Å²) in [5.74, 6) is 1.68. The van der Waals surface area contributed by atoms with Crippen LogP contribution in [0.3, 0.4) is 0 Å². The Morgan fingerprint density at radius 1 is 1.50 bits per heavy atom. The van der Waals surface area contributed by atoms with E-state index >= 15 is 0 Å². The standard InChI is InChI=1S/C9H14N3/c1-3-7-11-9-6-4-5-8(10-2)12-9/h4-6H,3,7H2,1-2H3,(H,11,12). The molecule has 1 rings (SSSR count). The molecule has 0 saturated carbocycles. The topological polar surface area (TPSA) is 39.0 Å². The maximum atomic E-state index is 4.25. The molecule has 0 unspecified atom stereocenters. The molecule has 0 aliphatic heterocycles. The lowest BCUT2D eigenvalue weighted by molar-refractivity contribution is 0.958. The highest BCUT2D eigenvalue weighted by atomic mass is 15.0. The first-order chi connectivity index (χ1) is 5.86. The van der Waals surface area contributed by atoms with Crippen molar-refractivity contribution in [3.8, 4) is 0 Å². The highest BCUT2D eigenvalue weighted by molar-refractivity contribution is 5.41. The summed E-state index contributed by atoms with van der Waals surface area (Å²) in [4.78, 5) is 4.25. The molecule has 0 amide bonds. The van der Waals surface area contributed by atoms with Crippen LogP contribution < -0.4 is 10.6 Å². The van der Waals surface area contributed by atoms with Gasteiger partial charge in [0.05, 0.1) is 0 Å². The predicted molar refractivity (Wildman–Crippen MR) is 50.7 cm³/mol. The minimum atomic E-state index is 0.774. The van der Waals surface area contributed by atoms with Crippen LogP contribution in [0.25, 0.3) is 0 Å². The first-order valence-corrected chi connectivity index (χ1v) is 4.17. The second-order valence-electron chi connectivity index (χ2n) is 2.53. The molecule has 0 fully saturated rings. The molecule has 65 valence electrons. The summed E-state index contributed by atoms with van der Waals surface area (Å²) in [6.45, 7) is 3.08. The van der Waals surface area contributed by atoms with Gasteiger partial charge in [-0.2, -0.15) is 0 Å². The lowest BCUT2D eigenvalue weighted by atomic mass is 10.4. The van der Waals surface area contributed by atoms with Crippen molar-refractivity contribution in [2.75, 3.05) is 18.9 Å². The van der Waals surface area contributed by atoms with Gasteiger partial charge in [-0.1, -0.05) is 13.0 Å². The Balaban J connectivity index is 2.60. The molecule has 1 aromatic heterocycles. The molecule has 1 heterocycles. The number of nitrogens with one attached hydrogen (secondary N) is 1. The number of anilines is 1. The van der Waals surface area contributed by atoms with Gasteiger partial charge in [0.15, 0.2) is 0 Å². The molecule has 0 aliphatic rings. The molecule has 0 spiro atoms. The van der Waals surface area contributed by atoms with Crippen LogP contribution in [-0.2, 0) is 0 Å². The Morgan fingerprint density at radius 2 is 2.33 bits per heavy atom. The van der Waals surface area contributed by atoms with Gasteiger partial charge in [-0.3, -0.25) is 5.32 Å². The minimum Gasteiger partial charge on any atom is -0.370 e. The van der Waals surface area contributed by atoms with E-state index in [4.69, 9.17) is 0 Å². The quantitative estimate of drug-likeness (QED) is 0.736. The van der Waals surface area contributed by atoms with E-state index in [1.54, 1.807) is 7.05 Å². The zero-order valence-corrected chi connectivity index (χ0v) is 7.54. The number of nitrogens with zero attached hydrogens (tertiary/aromatic N) is 2.